The number of methoxy groups -OCH3 is 1. The van der Waals surface area contributed by atoms with Crippen molar-refractivity contribution in [1.29, 1.82) is 0 Å². The second-order valence-corrected chi connectivity index (χ2v) is 6.33. The van der Waals surface area contributed by atoms with Crippen molar-refractivity contribution in [1.82, 2.24) is 0 Å². The molecule has 10 heteroatoms. The third-order valence-corrected chi connectivity index (χ3v) is 3.79. The van der Waals surface area contributed by atoms with Crippen LogP contribution < -0.4 is 9.47 Å². The van der Waals surface area contributed by atoms with E-state index in [-0.39, 0.29) is 0 Å². The van der Waals surface area contributed by atoms with Crippen molar-refractivity contribution >= 4 is 15.8 Å². The predicted octanol–water partition coefficient (Wildman–Crippen LogP) is 2.13. The summed E-state index contributed by atoms with van der Waals surface area (Å²) in [6, 6.07) is 1.78. The fourth-order valence-electron chi connectivity index (χ4n) is 1.60. The van der Waals surface area contributed by atoms with E-state index in [9.17, 15) is 26.4 Å². The van der Waals surface area contributed by atoms with Crippen LogP contribution in [-0.4, -0.2) is 45.1 Å². The molecule has 1 rings (SSSR count). The van der Waals surface area contributed by atoms with E-state index in [0.717, 1.165) is 25.5 Å². The topological polar surface area (TPSA) is 89.9 Å². The highest BCUT2D eigenvalue weighted by molar-refractivity contribution is 7.90. The van der Waals surface area contributed by atoms with Gasteiger partial charge in [0.05, 0.1) is 7.11 Å². The predicted molar refractivity (Wildman–Crippen MR) is 69.2 cm³/mol. The summed E-state index contributed by atoms with van der Waals surface area (Å²) in [4.78, 5) is 10.8. The molecule has 22 heavy (non-hydrogen) atoms. The van der Waals surface area contributed by atoms with E-state index in [1.165, 1.54) is 0 Å². The van der Waals surface area contributed by atoms with Crippen molar-refractivity contribution in [3.8, 4) is 11.5 Å². The Balaban J connectivity index is 3.52. The lowest BCUT2D eigenvalue weighted by Crippen LogP contribution is -2.31. The molecule has 0 saturated carbocycles. The Morgan fingerprint density at radius 1 is 1.32 bits per heavy atom. The molecule has 6 nitrogen and oxygen atoms in total. The number of hydrogen-bond donors (Lipinski definition) is 1. The number of rotatable bonds is 5. The van der Waals surface area contributed by atoms with Gasteiger partial charge < -0.3 is 14.6 Å². The number of carbonyl (C=O) groups is 1. The number of sulfone groups is 1. The van der Waals surface area contributed by atoms with E-state index in [1.807, 2.05) is 0 Å². The number of benzene rings is 1. The van der Waals surface area contributed by atoms with Gasteiger partial charge in [0.15, 0.2) is 21.7 Å². The van der Waals surface area contributed by atoms with Crippen molar-refractivity contribution in [2.45, 2.75) is 24.1 Å². The smallest absolute Gasteiger partial charge is 0.425 e. The highest BCUT2D eigenvalue weighted by atomic mass is 32.2. The summed E-state index contributed by atoms with van der Waals surface area (Å²) >= 11 is 0. The molecule has 0 aromatic heterocycles. The quantitative estimate of drug-likeness (QED) is 0.882. The van der Waals surface area contributed by atoms with Crippen LogP contribution in [-0.2, 0) is 9.84 Å². The van der Waals surface area contributed by atoms with Crippen LogP contribution in [0.1, 0.15) is 17.3 Å². The summed E-state index contributed by atoms with van der Waals surface area (Å²) in [7, 11) is -2.83. The Morgan fingerprint density at radius 2 is 1.86 bits per heavy atom. The van der Waals surface area contributed by atoms with Gasteiger partial charge in [-0.05, 0) is 19.1 Å². The van der Waals surface area contributed by atoms with Crippen LogP contribution in [0.25, 0.3) is 0 Å². The van der Waals surface area contributed by atoms with Gasteiger partial charge in [0.1, 0.15) is 16.2 Å². The summed E-state index contributed by atoms with van der Waals surface area (Å²) in [5.74, 6) is -2.89. The molecular formula is C12H13F3O6S. The molecule has 0 heterocycles. The van der Waals surface area contributed by atoms with Crippen LogP contribution in [0.2, 0.25) is 0 Å². The molecule has 0 saturated heterocycles. The van der Waals surface area contributed by atoms with E-state index in [2.05, 4.69) is 4.74 Å². The van der Waals surface area contributed by atoms with E-state index < -0.39 is 50.0 Å². The normalized spacial score (nSPS) is 13.5. The summed E-state index contributed by atoms with van der Waals surface area (Å²) in [6.07, 6.45) is -6.17. The van der Waals surface area contributed by atoms with Gasteiger partial charge in [0, 0.05) is 6.26 Å². The Morgan fingerprint density at radius 3 is 2.23 bits per heavy atom. The van der Waals surface area contributed by atoms with Crippen molar-refractivity contribution in [2.75, 3.05) is 13.4 Å². The second-order valence-electron chi connectivity index (χ2n) is 4.35. The van der Waals surface area contributed by atoms with E-state index in [4.69, 9.17) is 9.84 Å². The molecule has 0 bridgehead atoms. The van der Waals surface area contributed by atoms with Crippen molar-refractivity contribution in [2.24, 2.45) is 0 Å². The lowest BCUT2D eigenvalue weighted by Gasteiger charge is -2.20. The van der Waals surface area contributed by atoms with Crippen molar-refractivity contribution in [3.63, 3.8) is 0 Å². The average molecular weight is 342 g/mol. The lowest BCUT2D eigenvalue weighted by molar-refractivity contribution is -0.189. The standard InChI is InChI=1S/C12H13F3O6S/c1-6(12(13,14)15)21-7-4-5-8(22(3,18)19)10(20-2)9(7)11(16)17/h4-6H,1-3H3,(H,16,17). The largest absolute Gasteiger partial charge is 0.494 e. The van der Waals surface area contributed by atoms with Gasteiger partial charge >= 0.3 is 12.1 Å². The van der Waals surface area contributed by atoms with Gasteiger partial charge in [-0.2, -0.15) is 13.2 Å². The Bertz CT molecular complexity index is 681. The highest BCUT2D eigenvalue weighted by Gasteiger charge is 2.39. The van der Waals surface area contributed by atoms with Gasteiger partial charge in [-0.1, -0.05) is 0 Å². The van der Waals surface area contributed by atoms with Crippen molar-refractivity contribution < 1.29 is 41.0 Å². The van der Waals surface area contributed by atoms with Crippen LogP contribution in [0, 0.1) is 0 Å². The number of halogens is 3. The minimum atomic E-state index is -4.71. The molecule has 1 atom stereocenters. The molecule has 124 valence electrons. The fraction of sp³-hybridized carbons (Fsp3) is 0.417. The fourth-order valence-corrected chi connectivity index (χ4v) is 2.44. The second kappa shape index (κ2) is 6.03. The molecule has 1 aromatic rings. The molecular weight excluding hydrogens is 329 g/mol. The number of alkyl halides is 3. The number of carboxylic acids is 1. The summed E-state index contributed by atoms with van der Waals surface area (Å²) < 4.78 is 70.1. The first-order chi connectivity index (χ1) is 9.89. The number of ether oxygens (including phenoxy) is 2. The molecule has 0 aliphatic heterocycles. The van der Waals surface area contributed by atoms with Gasteiger partial charge in [0.25, 0.3) is 0 Å². The van der Waals surface area contributed by atoms with E-state index in [1.54, 1.807) is 0 Å². The van der Waals surface area contributed by atoms with Crippen LogP contribution in [0.5, 0.6) is 11.5 Å². The van der Waals surface area contributed by atoms with Crippen LogP contribution in [0.3, 0.4) is 0 Å². The molecule has 0 aliphatic rings. The molecule has 1 unspecified atom stereocenters. The molecule has 0 spiro atoms. The summed E-state index contributed by atoms with van der Waals surface area (Å²) in [6.45, 7) is 0.697. The summed E-state index contributed by atoms with van der Waals surface area (Å²) in [5, 5.41) is 9.15. The maximum Gasteiger partial charge on any atom is 0.425 e. The maximum atomic E-state index is 12.5. The Labute approximate surface area is 124 Å². The average Bonchev–Trinajstić information content (AvgIpc) is 2.34. The van der Waals surface area contributed by atoms with Crippen LogP contribution in [0.4, 0.5) is 13.2 Å². The third-order valence-electron chi connectivity index (χ3n) is 2.67. The zero-order chi connectivity index (χ0) is 17.3. The number of aromatic carboxylic acids is 1. The lowest BCUT2D eigenvalue weighted by atomic mass is 10.1. The van der Waals surface area contributed by atoms with Crippen molar-refractivity contribution in [3.05, 3.63) is 17.7 Å². The maximum absolute atomic E-state index is 12.5. The van der Waals surface area contributed by atoms with Crippen LogP contribution in [0.15, 0.2) is 17.0 Å². The molecule has 1 N–H and O–H groups in total. The van der Waals surface area contributed by atoms with Gasteiger partial charge in [-0.15, -0.1) is 0 Å². The first-order valence-electron chi connectivity index (χ1n) is 5.77. The SMILES string of the molecule is COc1c(S(C)(=O)=O)ccc(OC(C)C(F)(F)F)c1C(=O)O. The number of carboxylic acid groups (broad SMARTS) is 1. The number of hydrogen-bond acceptors (Lipinski definition) is 5. The van der Waals surface area contributed by atoms with Gasteiger partial charge in [-0.3, -0.25) is 0 Å². The molecule has 0 radical (unpaired) electrons. The molecule has 0 aliphatic carbocycles. The first-order valence-corrected chi connectivity index (χ1v) is 7.66. The summed E-state index contributed by atoms with van der Waals surface area (Å²) in [5.41, 5.74) is -0.790. The van der Waals surface area contributed by atoms with E-state index >= 15 is 0 Å². The molecule has 0 amide bonds. The minimum absolute atomic E-state index is 0.459. The first kappa shape index (κ1) is 18.1. The zero-order valence-corrected chi connectivity index (χ0v) is 12.6. The van der Waals surface area contributed by atoms with E-state index in [0.29, 0.717) is 6.92 Å². The van der Waals surface area contributed by atoms with Gasteiger partial charge in [0.2, 0.25) is 0 Å². The van der Waals surface area contributed by atoms with Crippen LogP contribution >= 0.6 is 0 Å². The zero-order valence-electron chi connectivity index (χ0n) is 11.8. The monoisotopic (exact) mass is 342 g/mol. The molecule has 1 aromatic carbocycles. The minimum Gasteiger partial charge on any atom is -0.494 e. The molecule has 0 fully saturated rings. The van der Waals surface area contributed by atoms with Gasteiger partial charge in [-0.25, -0.2) is 13.2 Å². The highest BCUT2D eigenvalue weighted by Crippen LogP contribution is 2.36. The third kappa shape index (κ3) is 3.81. The Hall–Kier alpha value is -1.97. The Kier molecular flexibility index (Phi) is 4.96.